The van der Waals surface area contributed by atoms with Gasteiger partial charge in [0.15, 0.2) is 11.6 Å². The number of phenols is 1. The average molecular weight is 651 g/mol. The number of phenolic OH excluding ortho intramolecular Hbond substituents is 1. The predicted molar refractivity (Wildman–Crippen MR) is 171 cm³/mol. The van der Waals surface area contributed by atoms with Gasteiger partial charge in [-0.3, -0.25) is 9.36 Å². The zero-order valence-corrected chi connectivity index (χ0v) is 26.6. The molecule has 1 saturated heterocycles. The van der Waals surface area contributed by atoms with Crippen LogP contribution in [0, 0.1) is 11.6 Å². The number of aromatic nitrogens is 4. The number of ether oxygens (including phenoxy) is 1. The Hall–Kier alpha value is -4.58. The number of amides is 1. The molecule has 4 aromatic rings. The highest BCUT2D eigenvalue weighted by atomic mass is 35.5. The van der Waals surface area contributed by atoms with Crippen molar-refractivity contribution in [1.29, 1.82) is 0 Å². The Balaban J connectivity index is 1.79. The van der Waals surface area contributed by atoms with Crippen molar-refractivity contribution in [3.05, 3.63) is 75.7 Å². The van der Waals surface area contributed by atoms with E-state index in [9.17, 15) is 14.7 Å². The average Bonchev–Trinajstić information content (AvgIpc) is 3.01. The zero-order chi connectivity index (χ0) is 33.0. The number of halogens is 3. The minimum atomic E-state index is -1.01. The number of hydrogen-bond acceptors (Lipinski definition) is 8. The number of nitrogens with zero attached hydrogens (tertiary/aromatic N) is 6. The Morgan fingerprint density at radius 2 is 1.83 bits per heavy atom. The third-order valence-electron chi connectivity index (χ3n) is 8.53. The van der Waals surface area contributed by atoms with Gasteiger partial charge < -0.3 is 19.6 Å². The van der Waals surface area contributed by atoms with Crippen molar-refractivity contribution < 1.29 is 23.4 Å². The third kappa shape index (κ3) is 4.95. The number of anilines is 1. The lowest BCUT2D eigenvalue weighted by atomic mass is 9.97. The lowest BCUT2D eigenvalue weighted by Crippen LogP contribution is -2.56. The van der Waals surface area contributed by atoms with Crippen LogP contribution in [-0.4, -0.2) is 67.7 Å². The molecule has 13 heteroatoms. The van der Waals surface area contributed by atoms with Crippen LogP contribution in [0.5, 0.6) is 11.5 Å². The molecule has 0 aliphatic carbocycles. The minimum absolute atomic E-state index is 0.00886. The van der Waals surface area contributed by atoms with E-state index in [2.05, 4.69) is 21.5 Å². The first-order valence-electron chi connectivity index (χ1n) is 15.1. The molecule has 0 saturated carbocycles. The Labute approximate surface area is 268 Å². The SMILES string of the molecule is C=CC(=O)N1CCN2c3nc(=O)n(-c4c(C(C)C)ncnc4C(C)C)c4c(Cl)c(-c5c(O)cccc5F)c(F)c(c34)OCCC2C1. The largest absolute Gasteiger partial charge is 0.507 e. The van der Waals surface area contributed by atoms with Crippen LogP contribution < -0.4 is 15.3 Å². The van der Waals surface area contributed by atoms with Gasteiger partial charge in [0.1, 0.15) is 23.7 Å². The number of aromatic hydroxyl groups is 1. The molecule has 6 rings (SSSR count). The molecule has 1 N–H and O–H groups in total. The number of fused-ring (bicyclic) bond motifs is 2. The van der Waals surface area contributed by atoms with Crippen molar-refractivity contribution in [2.45, 2.75) is 52.0 Å². The number of rotatable bonds is 5. The molecule has 0 spiro atoms. The van der Waals surface area contributed by atoms with Gasteiger partial charge in [-0.2, -0.15) is 4.98 Å². The molecule has 1 amide bonds. The van der Waals surface area contributed by atoms with Crippen LogP contribution in [0.2, 0.25) is 5.02 Å². The van der Waals surface area contributed by atoms with E-state index in [1.807, 2.05) is 32.6 Å². The Morgan fingerprint density at radius 3 is 2.46 bits per heavy atom. The molecule has 0 bridgehead atoms. The summed E-state index contributed by atoms with van der Waals surface area (Å²) >= 11 is 7.11. The molecular formula is C33H33ClF2N6O4. The Kier molecular flexibility index (Phi) is 8.18. The van der Waals surface area contributed by atoms with Gasteiger partial charge in [0.05, 0.1) is 51.2 Å². The molecule has 2 aromatic heterocycles. The van der Waals surface area contributed by atoms with Gasteiger partial charge in [0.25, 0.3) is 0 Å². The van der Waals surface area contributed by atoms with E-state index in [4.69, 9.17) is 16.3 Å². The van der Waals surface area contributed by atoms with Crippen LogP contribution in [0.1, 0.15) is 57.3 Å². The monoisotopic (exact) mass is 650 g/mol. The number of hydrogen-bond donors (Lipinski definition) is 1. The van der Waals surface area contributed by atoms with Crippen LogP contribution in [0.15, 0.2) is 42.0 Å². The molecular weight excluding hydrogens is 618 g/mol. The summed E-state index contributed by atoms with van der Waals surface area (Å²) in [6, 6.07) is 3.26. The molecule has 2 aromatic carbocycles. The highest BCUT2D eigenvalue weighted by Gasteiger charge is 2.38. The van der Waals surface area contributed by atoms with Crippen molar-refractivity contribution in [1.82, 2.24) is 24.4 Å². The van der Waals surface area contributed by atoms with Gasteiger partial charge in [-0.1, -0.05) is 51.9 Å². The van der Waals surface area contributed by atoms with Crippen LogP contribution in [0.25, 0.3) is 27.7 Å². The molecule has 240 valence electrons. The summed E-state index contributed by atoms with van der Waals surface area (Å²) in [6.07, 6.45) is 3.03. The number of benzene rings is 2. The second-order valence-electron chi connectivity index (χ2n) is 12.0. The van der Waals surface area contributed by atoms with Gasteiger partial charge >= 0.3 is 5.69 Å². The van der Waals surface area contributed by atoms with Gasteiger partial charge in [-0.25, -0.2) is 23.5 Å². The quantitative estimate of drug-likeness (QED) is 0.273. The summed E-state index contributed by atoms with van der Waals surface area (Å²) in [5.74, 6) is -3.22. The molecule has 46 heavy (non-hydrogen) atoms. The van der Waals surface area contributed by atoms with Crippen LogP contribution in [0.3, 0.4) is 0 Å². The first-order valence-corrected chi connectivity index (χ1v) is 15.4. The van der Waals surface area contributed by atoms with E-state index in [0.717, 1.165) is 6.07 Å². The number of carbonyl (C=O) groups excluding carboxylic acids is 1. The third-order valence-corrected chi connectivity index (χ3v) is 8.89. The fraction of sp³-hybridized carbons (Fsp3) is 0.364. The van der Waals surface area contributed by atoms with Crippen molar-refractivity contribution in [3.63, 3.8) is 0 Å². The molecule has 2 aliphatic heterocycles. The van der Waals surface area contributed by atoms with Crippen LogP contribution in [0.4, 0.5) is 14.6 Å². The molecule has 0 radical (unpaired) electrons. The molecule has 1 fully saturated rings. The lowest BCUT2D eigenvalue weighted by Gasteiger charge is -2.43. The van der Waals surface area contributed by atoms with Gasteiger partial charge in [-0.15, -0.1) is 0 Å². The number of carbonyl (C=O) groups is 1. The summed E-state index contributed by atoms with van der Waals surface area (Å²) in [5, 5.41) is 10.5. The van der Waals surface area contributed by atoms with E-state index in [1.54, 1.807) is 4.90 Å². The van der Waals surface area contributed by atoms with E-state index in [-0.39, 0.29) is 64.4 Å². The minimum Gasteiger partial charge on any atom is -0.507 e. The molecule has 10 nitrogen and oxygen atoms in total. The van der Waals surface area contributed by atoms with Crippen molar-refractivity contribution in [2.75, 3.05) is 31.1 Å². The maximum atomic E-state index is 16.8. The summed E-state index contributed by atoms with van der Waals surface area (Å²) in [4.78, 5) is 43.9. The number of piperazine rings is 1. The van der Waals surface area contributed by atoms with E-state index in [1.165, 1.54) is 29.1 Å². The van der Waals surface area contributed by atoms with E-state index in [0.29, 0.717) is 36.6 Å². The first-order chi connectivity index (χ1) is 22.0. The lowest BCUT2D eigenvalue weighted by molar-refractivity contribution is -0.126. The highest BCUT2D eigenvalue weighted by molar-refractivity contribution is 6.39. The molecule has 4 heterocycles. The van der Waals surface area contributed by atoms with Gasteiger partial charge in [-0.05, 0) is 30.0 Å². The summed E-state index contributed by atoms with van der Waals surface area (Å²) in [7, 11) is 0. The fourth-order valence-corrected chi connectivity index (χ4v) is 6.74. The fourth-order valence-electron chi connectivity index (χ4n) is 6.38. The molecule has 2 aliphatic rings. The maximum Gasteiger partial charge on any atom is 0.354 e. The Morgan fingerprint density at radius 1 is 1.13 bits per heavy atom. The van der Waals surface area contributed by atoms with Crippen molar-refractivity contribution in [2.24, 2.45) is 0 Å². The standard InChI is InChI=1S/C33H33ClF2N6O4/c1-6-21(44)40-11-12-41-18(14-40)10-13-46-31-24-29(25(34)23(26(31)36)22-19(35)8-7-9-20(22)43)42(33(45)39-32(24)41)30-27(16(2)3)37-15-38-28(30)17(4)5/h6-9,15-18,43H,1,10-14H2,2-5H3. The Bertz CT molecular complexity index is 1920. The smallest absolute Gasteiger partial charge is 0.354 e. The van der Waals surface area contributed by atoms with Gasteiger partial charge in [0, 0.05) is 31.6 Å². The summed E-state index contributed by atoms with van der Waals surface area (Å²) in [5.41, 5.74) is -0.286. The van der Waals surface area contributed by atoms with Crippen molar-refractivity contribution in [3.8, 4) is 28.3 Å². The first kappa shape index (κ1) is 31.4. The van der Waals surface area contributed by atoms with Gasteiger partial charge in [0.2, 0.25) is 5.91 Å². The second-order valence-corrected chi connectivity index (χ2v) is 12.4. The second kappa shape index (κ2) is 12.0. The molecule has 1 unspecified atom stereocenters. The van der Waals surface area contributed by atoms with E-state index < -0.39 is 34.2 Å². The zero-order valence-electron chi connectivity index (χ0n) is 25.9. The predicted octanol–water partition coefficient (Wildman–Crippen LogP) is 5.71. The van der Waals surface area contributed by atoms with Crippen LogP contribution >= 0.6 is 11.6 Å². The molecule has 1 atom stereocenters. The van der Waals surface area contributed by atoms with Crippen molar-refractivity contribution >= 4 is 34.2 Å². The van der Waals surface area contributed by atoms with Crippen LogP contribution in [-0.2, 0) is 4.79 Å². The summed E-state index contributed by atoms with van der Waals surface area (Å²) in [6.45, 7) is 12.2. The van der Waals surface area contributed by atoms with E-state index >= 15 is 8.78 Å². The topological polar surface area (TPSA) is 114 Å². The normalized spacial score (nSPS) is 16.3. The summed E-state index contributed by atoms with van der Waals surface area (Å²) < 4.78 is 39.6. The maximum absolute atomic E-state index is 16.8. The highest BCUT2D eigenvalue weighted by Crippen LogP contribution is 2.49.